The predicted octanol–water partition coefficient (Wildman–Crippen LogP) is 7.11. The van der Waals surface area contributed by atoms with E-state index in [4.69, 9.17) is 14.5 Å². The van der Waals surface area contributed by atoms with E-state index in [-0.39, 0.29) is 12.7 Å². The van der Waals surface area contributed by atoms with Crippen LogP contribution in [0.2, 0.25) is 0 Å². The number of phosphoric acid groups is 1. The lowest BCUT2D eigenvalue weighted by Crippen LogP contribution is -2.14. The van der Waals surface area contributed by atoms with Gasteiger partial charge in [0.25, 0.3) is 0 Å². The number of ether oxygens (including phenoxy) is 1. The fourth-order valence-corrected chi connectivity index (χ4v) is 4.82. The van der Waals surface area contributed by atoms with Gasteiger partial charge in [0.1, 0.15) is 0 Å². The Morgan fingerprint density at radius 1 is 0.793 bits per heavy atom. The molecule has 0 rings (SSSR count). The van der Waals surface area contributed by atoms with Crippen molar-refractivity contribution in [3.8, 4) is 0 Å². The highest BCUT2D eigenvalue weighted by Crippen LogP contribution is 2.35. The molecular formula is C22H47O5PS. The molecule has 1 unspecified atom stereocenters. The van der Waals surface area contributed by atoms with Crippen molar-refractivity contribution >= 4 is 19.6 Å². The molecule has 0 amide bonds. The molecule has 0 aliphatic rings. The van der Waals surface area contributed by atoms with Crippen LogP contribution in [0.15, 0.2) is 0 Å². The molecule has 5 nitrogen and oxygen atoms in total. The molecule has 0 aliphatic carbocycles. The van der Waals surface area contributed by atoms with Gasteiger partial charge in [-0.25, -0.2) is 4.57 Å². The molecule has 0 bridgehead atoms. The molecule has 0 fully saturated rings. The van der Waals surface area contributed by atoms with E-state index in [0.29, 0.717) is 6.42 Å². The van der Waals surface area contributed by atoms with Crippen LogP contribution in [0, 0.1) is 0 Å². The molecule has 0 aromatic rings. The average molecular weight is 455 g/mol. The highest BCUT2D eigenvalue weighted by atomic mass is 32.2. The normalized spacial score (nSPS) is 13.1. The second-order valence-electron chi connectivity index (χ2n) is 7.99. The first-order valence-electron chi connectivity index (χ1n) is 11.8. The van der Waals surface area contributed by atoms with Crippen molar-refractivity contribution in [1.29, 1.82) is 0 Å². The van der Waals surface area contributed by atoms with Gasteiger partial charge >= 0.3 is 7.82 Å². The van der Waals surface area contributed by atoms with Crippen LogP contribution in [0.1, 0.15) is 110 Å². The molecule has 0 saturated heterocycles. The van der Waals surface area contributed by atoms with E-state index in [0.717, 1.165) is 17.9 Å². The highest BCUT2D eigenvalue weighted by Gasteiger charge is 2.13. The third-order valence-electron chi connectivity index (χ3n) is 5.21. The average Bonchev–Trinajstić information content (AvgIpc) is 2.68. The van der Waals surface area contributed by atoms with Gasteiger partial charge in [0.2, 0.25) is 0 Å². The Kier molecular flexibility index (Phi) is 22.0. The van der Waals surface area contributed by atoms with Crippen LogP contribution < -0.4 is 0 Å². The van der Waals surface area contributed by atoms with Gasteiger partial charge in [0.15, 0.2) is 0 Å². The summed E-state index contributed by atoms with van der Waals surface area (Å²) in [6.07, 6.45) is 21.3. The maximum absolute atomic E-state index is 10.6. The number of methoxy groups -OCH3 is 1. The Morgan fingerprint density at radius 3 is 1.72 bits per heavy atom. The molecule has 176 valence electrons. The molecule has 0 heterocycles. The minimum atomic E-state index is -4.31. The van der Waals surface area contributed by atoms with Crippen molar-refractivity contribution < 1.29 is 23.6 Å². The number of rotatable bonds is 23. The summed E-state index contributed by atoms with van der Waals surface area (Å²) in [5, 5.41) is 0. The van der Waals surface area contributed by atoms with E-state index in [1.807, 2.05) is 0 Å². The summed E-state index contributed by atoms with van der Waals surface area (Å²) in [5.41, 5.74) is 0. The molecule has 7 heteroatoms. The molecule has 2 N–H and O–H groups in total. The predicted molar refractivity (Wildman–Crippen MR) is 126 cm³/mol. The maximum Gasteiger partial charge on any atom is 0.469 e. The smallest absolute Gasteiger partial charge is 0.381 e. The third kappa shape index (κ3) is 24.6. The summed E-state index contributed by atoms with van der Waals surface area (Å²) < 4.78 is 20.6. The summed E-state index contributed by atoms with van der Waals surface area (Å²) in [5.74, 6) is 1.77. The van der Waals surface area contributed by atoms with Gasteiger partial charge in [0, 0.05) is 12.9 Å². The number of thioether (sulfide) groups is 1. The molecule has 29 heavy (non-hydrogen) atoms. The van der Waals surface area contributed by atoms with Crippen LogP contribution in [0.4, 0.5) is 0 Å². The van der Waals surface area contributed by atoms with Gasteiger partial charge in [-0.15, -0.1) is 0 Å². The third-order valence-corrected chi connectivity index (χ3v) is 6.91. The Bertz CT molecular complexity index is 378. The van der Waals surface area contributed by atoms with Crippen LogP contribution in [-0.4, -0.2) is 41.1 Å². The fraction of sp³-hybridized carbons (Fsp3) is 1.00. The van der Waals surface area contributed by atoms with Crippen LogP contribution >= 0.6 is 19.6 Å². The summed E-state index contributed by atoms with van der Waals surface area (Å²) in [4.78, 5) is 17.2. The summed E-state index contributed by atoms with van der Waals surface area (Å²) in [6.45, 7) is 2.38. The fourth-order valence-electron chi connectivity index (χ4n) is 3.40. The molecule has 0 radical (unpaired) electrons. The monoisotopic (exact) mass is 454 g/mol. The Labute approximate surface area is 184 Å². The van der Waals surface area contributed by atoms with Crippen LogP contribution in [0.25, 0.3) is 0 Å². The van der Waals surface area contributed by atoms with E-state index in [1.165, 1.54) is 89.9 Å². The van der Waals surface area contributed by atoms with E-state index in [2.05, 4.69) is 11.4 Å². The molecular weight excluding hydrogens is 407 g/mol. The lowest BCUT2D eigenvalue weighted by atomic mass is 10.0. The molecule has 0 aliphatic heterocycles. The summed E-state index contributed by atoms with van der Waals surface area (Å²) >= 11 is 1.77. The first-order valence-corrected chi connectivity index (χ1v) is 14.5. The minimum absolute atomic E-state index is 0.105. The molecule has 0 aromatic carbocycles. The zero-order chi connectivity index (χ0) is 21.6. The summed E-state index contributed by atoms with van der Waals surface area (Å²) in [7, 11) is -2.54. The van der Waals surface area contributed by atoms with E-state index in [9.17, 15) is 4.57 Å². The SMILES string of the molecule is CCCCCCCCCCCCCCCCC(CSCCCOP(=O)(O)O)OC. The lowest BCUT2D eigenvalue weighted by molar-refractivity contribution is 0.112. The van der Waals surface area contributed by atoms with E-state index >= 15 is 0 Å². The van der Waals surface area contributed by atoms with Gasteiger partial charge in [0.05, 0.1) is 12.7 Å². The van der Waals surface area contributed by atoms with Crippen LogP contribution in [0.5, 0.6) is 0 Å². The van der Waals surface area contributed by atoms with Crippen LogP contribution in [-0.2, 0) is 13.8 Å². The Balaban J connectivity index is 3.32. The van der Waals surface area contributed by atoms with E-state index < -0.39 is 7.82 Å². The topological polar surface area (TPSA) is 76.0 Å². The first kappa shape index (κ1) is 29.4. The van der Waals surface area contributed by atoms with Crippen molar-refractivity contribution in [2.45, 2.75) is 116 Å². The van der Waals surface area contributed by atoms with Crippen molar-refractivity contribution in [3.63, 3.8) is 0 Å². The van der Waals surface area contributed by atoms with Crippen LogP contribution in [0.3, 0.4) is 0 Å². The molecule has 0 saturated carbocycles. The second kappa shape index (κ2) is 21.6. The van der Waals surface area contributed by atoms with Gasteiger partial charge in [-0.05, 0) is 18.6 Å². The molecule has 0 aromatic heterocycles. The second-order valence-corrected chi connectivity index (χ2v) is 10.4. The largest absolute Gasteiger partial charge is 0.469 e. The van der Waals surface area contributed by atoms with E-state index in [1.54, 1.807) is 18.9 Å². The molecule has 1 atom stereocenters. The van der Waals surface area contributed by atoms with Crippen molar-refractivity contribution in [2.24, 2.45) is 0 Å². The van der Waals surface area contributed by atoms with Crippen molar-refractivity contribution in [1.82, 2.24) is 0 Å². The molecule has 0 spiro atoms. The number of hydrogen-bond donors (Lipinski definition) is 2. The number of hydrogen-bond acceptors (Lipinski definition) is 4. The first-order chi connectivity index (χ1) is 14.0. The van der Waals surface area contributed by atoms with Crippen molar-refractivity contribution in [3.05, 3.63) is 0 Å². The number of phosphoric ester groups is 1. The minimum Gasteiger partial charge on any atom is -0.381 e. The highest BCUT2D eigenvalue weighted by molar-refractivity contribution is 7.99. The number of unbranched alkanes of at least 4 members (excludes halogenated alkanes) is 13. The quantitative estimate of drug-likeness (QED) is 0.127. The maximum atomic E-state index is 10.6. The van der Waals surface area contributed by atoms with Crippen molar-refractivity contribution in [2.75, 3.05) is 25.2 Å². The Hall–Kier alpha value is 0.420. The summed E-state index contributed by atoms with van der Waals surface area (Å²) in [6, 6.07) is 0. The lowest BCUT2D eigenvalue weighted by Gasteiger charge is -2.15. The van der Waals surface area contributed by atoms with Gasteiger partial charge < -0.3 is 14.5 Å². The standard InChI is InChI=1S/C22H47O5PS/c1-3-4-5-6-7-8-9-10-11-12-13-14-15-16-18-22(26-2)21-29-20-17-19-27-28(23,24)25/h22H,3-21H2,1-2H3,(H2,23,24,25). The zero-order valence-corrected chi connectivity index (χ0v) is 20.7. The van der Waals surface area contributed by atoms with Gasteiger partial charge in [-0.1, -0.05) is 96.8 Å². The van der Waals surface area contributed by atoms with Gasteiger partial charge in [-0.2, -0.15) is 11.8 Å². The van der Waals surface area contributed by atoms with Gasteiger partial charge in [-0.3, -0.25) is 4.52 Å². The zero-order valence-electron chi connectivity index (χ0n) is 19.0. The Morgan fingerprint density at radius 2 is 1.28 bits per heavy atom.